The van der Waals surface area contributed by atoms with Crippen molar-refractivity contribution in [2.24, 2.45) is 0 Å². The number of rotatable bonds is 6. The third-order valence-electron chi connectivity index (χ3n) is 4.30. The number of phosphoric acid groups is 1. The van der Waals surface area contributed by atoms with Crippen LogP contribution in [0.5, 0.6) is 0 Å². The molecule has 0 saturated carbocycles. The Labute approximate surface area is 154 Å². The van der Waals surface area contributed by atoms with Gasteiger partial charge in [-0.3, -0.25) is 14.2 Å². The summed E-state index contributed by atoms with van der Waals surface area (Å²) < 4.78 is 15.4. The molecule has 0 unspecified atom stereocenters. The van der Waals surface area contributed by atoms with Gasteiger partial charge in [0.05, 0.1) is 0 Å². The quantitative estimate of drug-likeness (QED) is 0.498. The molecule has 0 radical (unpaired) electrons. The topological polar surface area (TPSA) is 128 Å². The second-order valence-electron chi connectivity index (χ2n) is 5.78. The molecular weight excluding hydrogens is 375 g/mol. The van der Waals surface area contributed by atoms with Gasteiger partial charge in [0, 0.05) is 0 Å². The predicted molar refractivity (Wildman–Crippen MR) is 92.8 cm³/mol. The lowest BCUT2D eigenvalue weighted by molar-refractivity contribution is -0.134. The van der Waals surface area contributed by atoms with E-state index in [4.69, 9.17) is 9.79 Å². The molecule has 0 spiro atoms. The van der Waals surface area contributed by atoms with E-state index >= 15 is 0 Å². The van der Waals surface area contributed by atoms with Crippen molar-refractivity contribution >= 4 is 19.8 Å². The zero-order valence-electron chi connectivity index (χ0n) is 14.0. The molecule has 0 aromatic heterocycles. The minimum atomic E-state index is -4.91. The van der Waals surface area contributed by atoms with Crippen LogP contribution in [0.15, 0.2) is 60.7 Å². The fraction of sp³-hybridized carbons (Fsp3) is 0.176. The molecule has 27 heavy (non-hydrogen) atoms. The number of nitrogens with zero attached hydrogens (tertiary/aromatic N) is 2. The smallest absolute Gasteiger partial charge is 0.376 e. The highest BCUT2D eigenvalue weighted by Gasteiger charge is 2.59. The fourth-order valence-corrected chi connectivity index (χ4v) is 3.45. The molecule has 1 fully saturated rings. The summed E-state index contributed by atoms with van der Waals surface area (Å²) in [6.07, 6.45) is 0. The SMILES string of the molecule is O=C1N(COP(=O)(O)O)C(=O)C(c2ccccc2)(c2ccccc2)N1CO. The van der Waals surface area contributed by atoms with Crippen LogP contribution in [-0.4, -0.2) is 50.1 Å². The largest absolute Gasteiger partial charge is 0.471 e. The molecule has 0 atom stereocenters. The van der Waals surface area contributed by atoms with E-state index in [1.54, 1.807) is 60.7 Å². The van der Waals surface area contributed by atoms with Crippen molar-refractivity contribution in [1.29, 1.82) is 0 Å². The standard InChI is InChI=1S/C17H17N2O7P/c20-11-19-16(22)18(12-26-27(23,24)25)15(21)17(19,13-7-3-1-4-8-13)14-9-5-2-6-10-14/h1-10,20H,11-12H2,(H2,23,24,25). The first-order valence-corrected chi connectivity index (χ1v) is 9.41. The van der Waals surface area contributed by atoms with Crippen LogP contribution in [0.1, 0.15) is 11.1 Å². The van der Waals surface area contributed by atoms with Crippen molar-refractivity contribution in [3.8, 4) is 0 Å². The molecule has 10 heteroatoms. The normalized spacial score (nSPS) is 16.9. The van der Waals surface area contributed by atoms with Crippen molar-refractivity contribution in [2.75, 3.05) is 13.5 Å². The van der Waals surface area contributed by atoms with Gasteiger partial charge in [-0.05, 0) is 11.1 Å². The molecule has 9 nitrogen and oxygen atoms in total. The van der Waals surface area contributed by atoms with Gasteiger partial charge in [-0.1, -0.05) is 60.7 Å². The van der Waals surface area contributed by atoms with Gasteiger partial charge in [0.25, 0.3) is 5.91 Å². The molecule has 2 aromatic carbocycles. The van der Waals surface area contributed by atoms with Crippen molar-refractivity contribution < 1.29 is 33.6 Å². The molecule has 3 amide bonds. The summed E-state index contributed by atoms with van der Waals surface area (Å²) >= 11 is 0. The molecule has 142 valence electrons. The average Bonchev–Trinajstić information content (AvgIpc) is 2.87. The Morgan fingerprint density at radius 3 is 1.81 bits per heavy atom. The Balaban J connectivity index is 2.18. The molecular formula is C17H17N2O7P. The first-order valence-electron chi connectivity index (χ1n) is 7.88. The molecule has 1 saturated heterocycles. The highest BCUT2D eigenvalue weighted by atomic mass is 31.2. The van der Waals surface area contributed by atoms with Gasteiger partial charge in [-0.15, -0.1) is 0 Å². The lowest BCUT2D eigenvalue weighted by Gasteiger charge is -2.34. The van der Waals surface area contributed by atoms with Crippen LogP contribution in [0, 0.1) is 0 Å². The number of hydrogen-bond donors (Lipinski definition) is 3. The number of amides is 3. The number of benzene rings is 2. The van der Waals surface area contributed by atoms with E-state index in [0.717, 1.165) is 4.90 Å². The second-order valence-corrected chi connectivity index (χ2v) is 7.02. The van der Waals surface area contributed by atoms with Crippen LogP contribution in [-0.2, 0) is 19.4 Å². The maximum atomic E-state index is 13.3. The molecule has 3 rings (SSSR count). The third kappa shape index (κ3) is 3.27. The zero-order valence-corrected chi connectivity index (χ0v) is 14.9. The van der Waals surface area contributed by atoms with Crippen LogP contribution in [0.2, 0.25) is 0 Å². The van der Waals surface area contributed by atoms with Crippen LogP contribution < -0.4 is 0 Å². The summed E-state index contributed by atoms with van der Waals surface area (Å²) in [6.45, 7) is -1.74. The Morgan fingerprint density at radius 2 is 1.41 bits per heavy atom. The second kappa shape index (κ2) is 7.22. The summed E-state index contributed by atoms with van der Waals surface area (Å²) in [7, 11) is -4.91. The van der Waals surface area contributed by atoms with Gasteiger partial charge in [0.15, 0.2) is 5.54 Å². The highest BCUT2D eigenvalue weighted by Crippen LogP contribution is 2.44. The monoisotopic (exact) mass is 392 g/mol. The first kappa shape index (κ1) is 19.2. The highest BCUT2D eigenvalue weighted by molar-refractivity contribution is 7.46. The van der Waals surface area contributed by atoms with Crippen LogP contribution in [0.3, 0.4) is 0 Å². The van der Waals surface area contributed by atoms with E-state index in [1.165, 1.54) is 0 Å². The number of phosphoric ester groups is 1. The van der Waals surface area contributed by atoms with Gasteiger partial charge >= 0.3 is 13.9 Å². The molecule has 2 aromatic rings. The number of urea groups is 1. The maximum absolute atomic E-state index is 13.3. The Morgan fingerprint density at radius 1 is 0.926 bits per heavy atom. The molecule has 0 aliphatic carbocycles. The van der Waals surface area contributed by atoms with Gasteiger partial charge in [-0.2, -0.15) is 0 Å². The van der Waals surface area contributed by atoms with Crippen molar-refractivity contribution in [3.63, 3.8) is 0 Å². The lowest BCUT2D eigenvalue weighted by Crippen LogP contribution is -2.48. The Bertz CT molecular complexity index is 845. The van der Waals surface area contributed by atoms with Crippen LogP contribution in [0.4, 0.5) is 4.79 Å². The fourth-order valence-electron chi connectivity index (χ4n) is 3.18. The van der Waals surface area contributed by atoms with E-state index in [2.05, 4.69) is 4.52 Å². The molecule has 1 aliphatic rings. The number of aliphatic hydroxyl groups excluding tert-OH is 1. The van der Waals surface area contributed by atoms with Crippen molar-refractivity contribution in [1.82, 2.24) is 9.80 Å². The Kier molecular flexibility index (Phi) is 5.14. The number of carbonyl (C=O) groups is 2. The lowest BCUT2D eigenvalue weighted by atomic mass is 9.81. The maximum Gasteiger partial charge on any atom is 0.471 e. The number of carbonyl (C=O) groups excluding carboxylic acids is 2. The zero-order chi connectivity index (χ0) is 19.7. The minimum absolute atomic E-state index is 0.419. The van der Waals surface area contributed by atoms with E-state index in [-0.39, 0.29) is 0 Å². The number of aliphatic hydroxyl groups is 1. The molecule has 1 heterocycles. The van der Waals surface area contributed by atoms with E-state index in [9.17, 15) is 19.3 Å². The predicted octanol–water partition coefficient (Wildman–Crippen LogP) is 1.21. The van der Waals surface area contributed by atoms with E-state index < -0.39 is 38.8 Å². The average molecular weight is 392 g/mol. The summed E-state index contributed by atoms with van der Waals surface area (Å²) in [6, 6.07) is 15.8. The number of hydrogen-bond acceptors (Lipinski definition) is 5. The summed E-state index contributed by atoms with van der Waals surface area (Å²) in [4.78, 5) is 45.4. The summed E-state index contributed by atoms with van der Waals surface area (Å²) in [5.41, 5.74) is -0.850. The molecule has 0 bridgehead atoms. The van der Waals surface area contributed by atoms with Gasteiger partial charge < -0.3 is 14.9 Å². The summed E-state index contributed by atoms with van der Waals surface area (Å²) in [5.74, 6) is -0.785. The van der Waals surface area contributed by atoms with Gasteiger partial charge in [-0.25, -0.2) is 14.3 Å². The number of imide groups is 1. The molecule has 1 aliphatic heterocycles. The van der Waals surface area contributed by atoms with Gasteiger partial charge in [0.1, 0.15) is 13.5 Å². The first-order chi connectivity index (χ1) is 12.8. The van der Waals surface area contributed by atoms with Crippen LogP contribution in [0.25, 0.3) is 0 Å². The van der Waals surface area contributed by atoms with Gasteiger partial charge in [0.2, 0.25) is 0 Å². The van der Waals surface area contributed by atoms with E-state index in [1.807, 2.05) is 0 Å². The van der Waals surface area contributed by atoms with E-state index in [0.29, 0.717) is 16.0 Å². The molecule has 3 N–H and O–H groups in total. The van der Waals surface area contributed by atoms with Crippen LogP contribution >= 0.6 is 7.82 Å². The third-order valence-corrected chi connectivity index (χ3v) is 4.75. The van der Waals surface area contributed by atoms with Crippen molar-refractivity contribution in [2.45, 2.75) is 5.54 Å². The Hall–Kier alpha value is -2.55. The van der Waals surface area contributed by atoms with Crippen molar-refractivity contribution in [3.05, 3.63) is 71.8 Å². The minimum Gasteiger partial charge on any atom is -0.376 e. The summed E-state index contributed by atoms with van der Waals surface area (Å²) in [5, 5.41) is 9.89.